The number of ether oxygens (including phenoxy) is 2. The van der Waals surface area contributed by atoms with Crippen molar-refractivity contribution in [1.29, 1.82) is 0 Å². The number of amides is 2. The van der Waals surface area contributed by atoms with E-state index >= 15 is 0 Å². The Balaban J connectivity index is 1.72. The van der Waals surface area contributed by atoms with Gasteiger partial charge in [0.05, 0.1) is 12.9 Å². The van der Waals surface area contributed by atoms with Crippen LogP contribution in [0.4, 0.5) is 10.7 Å². The molecule has 3 aromatic rings. The molecule has 3 rings (SSSR count). The molecule has 0 atom stereocenters. The van der Waals surface area contributed by atoms with Gasteiger partial charge in [-0.3, -0.25) is 19.4 Å². The molecule has 0 spiro atoms. The zero-order valence-electron chi connectivity index (χ0n) is 21.9. The van der Waals surface area contributed by atoms with Crippen LogP contribution in [0.15, 0.2) is 41.5 Å². The van der Waals surface area contributed by atoms with E-state index in [0.717, 1.165) is 5.56 Å². The standard InChI is InChI=1S/C25H33N7O6/c1-5-37-19(34)15-31(12-11-26-24(36)38-25(2,3)4)18(33)14-32-16-28-20-21(32)29-23(30-22(20)35)27-13-17-9-7-6-8-10-17/h6-10,16H,5,11-15H2,1-4H3,(H,26,36)(H2,27,29,30,35). The summed E-state index contributed by atoms with van der Waals surface area (Å²) in [5.41, 5.74) is 0.148. The van der Waals surface area contributed by atoms with Gasteiger partial charge in [-0.15, -0.1) is 0 Å². The number of aromatic amines is 1. The molecule has 2 aromatic heterocycles. The maximum absolute atomic E-state index is 13.2. The van der Waals surface area contributed by atoms with Crippen LogP contribution in [0.3, 0.4) is 0 Å². The average molecular weight is 528 g/mol. The summed E-state index contributed by atoms with van der Waals surface area (Å²) in [6.07, 6.45) is 0.702. The first-order valence-electron chi connectivity index (χ1n) is 12.2. The maximum atomic E-state index is 13.2. The number of aromatic nitrogens is 4. The number of carbonyl (C=O) groups is 3. The summed E-state index contributed by atoms with van der Waals surface area (Å²) in [6.45, 7) is 7.00. The lowest BCUT2D eigenvalue weighted by Crippen LogP contribution is -2.44. The molecule has 0 saturated carbocycles. The molecule has 0 fully saturated rings. The fourth-order valence-electron chi connectivity index (χ4n) is 3.44. The van der Waals surface area contributed by atoms with Gasteiger partial charge >= 0.3 is 12.1 Å². The van der Waals surface area contributed by atoms with Crippen LogP contribution in [-0.4, -0.2) is 74.2 Å². The second-order valence-electron chi connectivity index (χ2n) is 9.35. The normalized spacial score (nSPS) is 11.2. The number of nitrogens with zero attached hydrogens (tertiary/aromatic N) is 4. The number of esters is 1. The predicted octanol–water partition coefficient (Wildman–Crippen LogP) is 1.65. The van der Waals surface area contributed by atoms with Gasteiger partial charge in [-0.05, 0) is 33.3 Å². The minimum atomic E-state index is -0.674. The quantitative estimate of drug-likeness (QED) is 0.315. The number of H-pyrrole nitrogens is 1. The summed E-state index contributed by atoms with van der Waals surface area (Å²) < 4.78 is 11.6. The Morgan fingerprint density at radius 2 is 1.89 bits per heavy atom. The van der Waals surface area contributed by atoms with Gasteiger partial charge < -0.3 is 29.6 Å². The molecule has 2 amide bonds. The topological polar surface area (TPSA) is 161 Å². The number of hydrogen-bond acceptors (Lipinski definition) is 9. The van der Waals surface area contributed by atoms with E-state index < -0.39 is 29.1 Å². The first-order chi connectivity index (χ1) is 18.1. The average Bonchev–Trinajstić information content (AvgIpc) is 3.25. The lowest BCUT2D eigenvalue weighted by atomic mass is 10.2. The van der Waals surface area contributed by atoms with Gasteiger partial charge in [0.1, 0.15) is 18.7 Å². The largest absolute Gasteiger partial charge is 0.465 e. The molecule has 204 valence electrons. The fourth-order valence-corrected chi connectivity index (χ4v) is 3.44. The third-order valence-electron chi connectivity index (χ3n) is 5.11. The number of nitrogens with one attached hydrogen (secondary N) is 3. The minimum Gasteiger partial charge on any atom is -0.465 e. The summed E-state index contributed by atoms with van der Waals surface area (Å²) in [5, 5.41) is 5.63. The predicted molar refractivity (Wildman–Crippen MR) is 139 cm³/mol. The molecule has 0 aliphatic carbocycles. The highest BCUT2D eigenvalue weighted by Gasteiger charge is 2.21. The zero-order chi connectivity index (χ0) is 27.7. The second kappa shape index (κ2) is 12.7. The number of rotatable bonds is 11. The smallest absolute Gasteiger partial charge is 0.407 e. The number of anilines is 1. The second-order valence-corrected chi connectivity index (χ2v) is 9.35. The van der Waals surface area contributed by atoms with Gasteiger partial charge in [0.2, 0.25) is 11.9 Å². The molecule has 3 N–H and O–H groups in total. The van der Waals surface area contributed by atoms with Crippen molar-refractivity contribution in [3.05, 3.63) is 52.6 Å². The van der Waals surface area contributed by atoms with Crippen LogP contribution >= 0.6 is 0 Å². The number of imidazole rings is 1. The van der Waals surface area contributed by atoms with Crippen LogP contribution < -0.4 is 16.2 Å². The fraction of sp³-hybridized carbons (Fsp3) is 0.440. The van der Waals surface area contributed by atoms with E-state index in [2.05, 4.69) is 25.6 Å². The van der Waals surface area contributed by atoms with Crippen LogP contribution in [0.25, 0.3) is 11.2 Å². The molecule has 0 saturated heterocycles. The van der Waals surface area contributed by atoms with Gasteiger partial charge in [0.15, 0.2) is 11.2 Å². The molecule has 13 nitrogen and oxygen atoms in total. The van der Waals surface area contributed by atoms with Crippen molar-refractivity contribution in [3.63, 3.8) is 0 Å². The highest BCUT2D eigenvalue weighted by Crippen LogP contribution is 2.10. The first kappa shape index (κ1) is 28.2. The molecule has 1 aromatic carbocycles. The van der Waals surface area contributed by atoms with Crippen LogP contribution in [0, 0.1) is 0 Å². The highest BCUT2D eigenvalue weighted by atomic mass is 16.6. The Bertz CT molecular complexity index is 1310. The Kier molecular flexibility index (Phi) is 9.41. The third kappa shape index (κ3) is 8.32. The van der Waals surface area contributed by atoms with E-state index in [-0.39, 0.29) is 49.9 Å². The lowest BCUT2D eigenvalue weighted by molar-refractivity contribution is -0.149. The van der Waals surface area contributed by atoms with Crippen LogP contribution in [-0.2, 0) is 32.2 Å². The lowest BCUT2D eigenvalue weighted by Gasteiger charge is -2.23. The molecule has 13 heteroatoms. The summed E-state index contributed by atoms with van der Waals surface area (Å²) in [7, 11) is 0. The maximum Gasteiger partial charge on any atom is 0.407 e. The Hall–Kier alpha value is -4.42. The van der Waals surface area contributed by atoms with Gasteiger partial charge in [0.25, 0.3) is 5.56 Å². The molecular weight excluding hydrogens is 494 g/mol. The van der Waals surface area contributed by atoms with E-state index in [0.29, 0.717) is 6.54 Å². The Labute approximate surface area is 219 Å². The van der Waals surface area contributed by atoms with Crippen LogP contribution in [0.5, 0.6) is 0 Å². The monoisotopic (exact) mass is 527 g/mol. The summed E-state index contributed by atoms with van der Waals surface area (Å²) in [6, 6.07) is 9.58. The zero-order valence-corrected chi connectivity index (χ0v) is 21.9. The van der Waals surface area contributed by atoms with Gasteiger partial charge in [-0.1, -0.05) is 30.3 Å². The molecule has 0 bridgehead atoms. The number of carbonyl (C=O) groups excluding carboxylic acids is 3. The van der Waals surface area contributed by atoms with Crippen molar-refractivity contribution in [3.8, 4) is 0 Å². The molecular formula is C25H33N7O6. The summed E-state index contributed by atoms with van der Waals surface area (Å²) in [4.78, 5) is 62.2. The molecule has 38 heavy (non-hydrogen) atoms. The highest BCUT2D eigenvalue weighted by molar-refractivity contribution is 5.83. The number of benzene rings is 1. The van der Waals surface area contributed by atoms with Gasteiger partial charge in [-0.25, -0.2) is 9.78 Å². The summed E-state index contributed by atoms with van der Waals surface area (Å²) >= 11 is 0. The van der Waals surface area contributed by atoms with E-state index in [1.807, 2.05) is 30.3 Å². The minimum absolute atomic E-state index is 0.0292. The van der Waals surface area contributed by atoms with Gasteiger partial charge in [-0.2, -0.15) is 4.98 Å². The van der Waals surface area contributed by atoms with E-state index in [1.165, 1.54) is 15.8 Å². The number of alkyl carbamates (subject to hydrolysis) is 1. The van der Waals surface area contributed by atoms with Crippen molar-refractivity contribution in [2.75, 3.05) is 31.6 Å². The molecule has 0 unspecified atom stereocenters. The molecule has 2 heterocycles. The van der Waals surface area contributed by atoms with Crippen molar-refractivity contribution in [2.45, 2.75) is 46.4 Å². The van der Waals surface area contributed by atoms with Crippen LogP contribution in [0.1, 0.15) is 33.3 Å². The van der Waals surface area contributed by atoms with E-state index in [4.69, 9.17) is 9.47 Å². The SMILES string of the molecule is CCOC(=O)CN(CCNC(=O)OC(C)(C)C)C(=O)Cn1cnc2c(=O)[nH]c(NCc3ccccc3)nc21. The molecule has 0 aliphatic heterocycles. The summed E-state index contributed by atoms with van der Waals surface area (Å²) in [5.74, 6) is -0.815. The van der Waals surface area contributed by atoms with Crippen molar-refractivity contribution >= 4 is 35.1 Å². The Morgan fingerprint density at radius 3 is 2.58 bits per heavy atom. The van der Waals surface area contributed by atoms with Crippen molar-refractivity contribution < 1.29 is 23.9 Å². The van der Waals surface area contributed by atoms with Crippen LogP contribution in [0.2, 0.25) is 0 Å². The Morgan fingerprint density at radius 1 is 1.16 bits per heavy atom. The number of fused-ring (bicyclic) bond motifs is 1. The molecule has 0 aliphatic rings. The molecule has 0 radical (unpaired) electrons. The van der Waals surface area contributed by atoms with E-state index in [9.17, 15) is 19.2 Å². The van der Waals surface area contributed by atoms with Crippen molar-refractivity contribution in [1.82, 2.24) is 29.7 Å². The third-order valence-corrected chi connectivity index (χ3v) is 5.11. The van der Waals surface area contributed by atoms with E-state index in [1.54, 1.807) is 27.7 Å². The number of hydrogen-bond donors (Lipinski definition) is 3. The van der Waals surface area contributed by atoms with Crippen molar-refractivity contribution in [2.24, 2.45) is 0 Å². The van der Waals surface area contributed by atoms with Gasteiger partial charge in [0, 0.05) is 19.6 Å². The first-order valence-corrected chi connectivity index (χ1v) is 12.2.